The highest BCUT2D eigenvalue weighted by Gasteiger charge is 2.35. The van der Waals surface area contributed by atoms with Gasteiger partial charge in [-0.3, -0.25) is 0 Å². The Morgan fingerprint density at radius 2 is 1.32 bits per heavy atom. The molecule has 1 unspecified atom stereocenters. The zero-order chi connectivity index (χ0) is 24.4. The molecule has 0 bridgehead atoms. The van der Waals surface area contributed by atoms with Gasteiger partial charge in [-0.05, 0) is 57.9 Å². The second-order valence-electron chi connectivity index (χ2n) is 7.08. The smallest absolute Gasteiger partial charge is 0.203 e. The molecule has 0 radical (unpaired) electrons. The van der Waals surface area contributed by atoms with Crippen LogP contribution in [0.5, 0.6) is 34.5 Å². The van der Waals surface area contributed by atoms with E-state index in [0.29, 0.717) is 60.1 Å². The fourth-order valence-electron chi connectivity index (χ4n) is 3.68. The molecule has 34 heavy (non-hydrogen) atoms. The van der Waals surface area contributed by atoms with Crippen molar-refractivity contribution in [3.8, 4) is 34.5 Å². The predicted octanol–water partition coefficient (Wildman–Crippen LogP) is 5.52. The lowest BCUT2D eigenvalue weighted by Gasteiger charge is -2.16. The zero-order valence-electron chi connectivity index (χ0n) is 19.3. The van der Waals surface area contributed by atoms with E-state index in [9.17, 15) is 4.21 Å². The number of fused-ring (bicyclic) bond motifs is 1. The average molecular weight is 547 g/mol. The SMILES string of the molecule is COc1ccc(C2=C(Oc3cc(OC)c(OC)c(OC)c3)c3ccc(OC)c(Br)c3S2=O)cc1. The number of hydrogen-bond donors (Lipinski definition) is 0. The van der Waals surface area contributed by atoms with Crippen LogP contribution in [0.1, 0.15) is 11.1 Å². The molecule has 7 nitrogen and oxygen atoms in total. The molecule has 3 aromatic carbocycles. The number of rotatable bonds is 8. The van der Waals surface area contributed by atoms with E-state index in [-0.39, 0.29) is 0 Å². The predicted molar refractivity (Wildman–Crippen MR) is 134 cm³/mol. The van der Waals surface area contributed by atoms with Crippen molar-refractivity contribution in [2.45, 2.75) is 4.90 Å². The van der Waals surface area contributed by atoms with Crippen molar-refractivity contribution in [1.82, 2.24) is 0 Å². The van der Waals surface area contributed by atoms with Crippen LogP contribution in [-0.4, -0.2) is 39.8 Å². The Kier molecular flexibility index (Phi) is 7.04. The molecule has 178 valence electrons. The van der Waals surface area contributed by atoms with Gasteiger partial charge < -0.3 is 28.4 Å². The van der Waals surface area contributed by atoms with Gasteiger partial charge in [0.15, 0.2) is 17.3 Å². The Bertz CT molecular complexity index is 1260. The van der Waals surface area contributed by atoms with Crippen molar-refractivity contribution in [2.75, 3.05) is 35.5 Å². The van der Waals surface area contributed by atoms with Crippen molar-refractivity contribution in [2.24, 2.45) is 0 Å². The lowest BCUT2D eigenvalue weighted by Crippen LogP contribution is -2.00. The van der Waals surface area contributed by atoms with Crippen LogP contribution in [0.15, 0.2) is 57.9 Å². The van der Waals surface area contributed by atoms with Crippen molar-refractivity contribution >= 4 is 37.4 Å². The summed E-state index contributed by atoms with van der Waals surface area (Å²) in [5.74, 6) is 3.50. The maximum Gasteiger partial charge on any atom is 0.203 e. The van der Waals surface area contributed by atoms with Gasteiger partial charge in [0.25, 0.3) is 0 Å². The summed E-state index contributed by atoms with van der Waals surface area (Å²) in [6.07, 6.45) is 0. The third-order valence-corrected chi connectivity index (χ3v) is 7.95. The molecule has 1 heterocycles. The van der Waals surface area contributed by atoms with Crippen LogP contribution in [-0.2, 0) is 10.8 Å². The van der Waals surface area contributed by atoms with E-state index in [1.807, 2.05) is 30.3 Å². The minimum Gasteiger partial charge on any atom is -0.497 e. The molecule has 0 fully saturated rings. The first-order valence-electron chi connectivity index (χ1n) is 10.1. The quantitative estimate of drug-likeness (QED) is 0.368. The second-order valence-corrected chi connectivity index (χ2v) is 9.22. The minimum atomic E-state index is -1.54. The molecule has 0 spiro atoms. The summed E-state index contributed by atoms with van der Waals surface area (Å²) < 4.78 is 47.8. The van der Waals surface area contributed by atoms with E-state index < -0.39 is 10.8 Å². The Morgan fingerprint density at radius 1 is 0.706 bits per heavy atom. The van der Waals surface area contributed by atoms with Crippen LogP contribution in [0.4, 0.5) is 0 Å². The first-order valence-corrected chi connectivity index (χ1v) is 12.1. The Hall–Kier alpha value is -3.17. The highest BCUT2D eigenvalue weighted by molar-refractivity contribution is 9.10. The van der Waals surface area contributed by atoms with Crippen molar-refractivity contribution in [3.05, 3.63) is 64.1 Å². The first-order chi connectivity index (χ1) is 16.5. The second kappa shape index (κ2) is 9.99. The van der Waals surface area contributed by atoms with Gasteiger partial charge in [-0.15, -0.1) is 0 Å². The van der Waals surface area contributed by atoms with Gasteiger partial charge in [-0.2, -0.15) is 0 Å². The van der Waals surface area contributed by atoms with E-state index in [1.54, 1.807) is 32.4 Å². The Labute approximate surface area is 208 Å². The molecule has 0 amide bonds. The average Bonchev–Trinajstić information content (AvgIpc) is 3.15. The minimum absolute atomic E-state index is 0.437. The third kappa shape index (κ3) is 4.10. The van der Waals surface area contributed by atoms with Crippen LogP contribution >= 0.6 is 15.9 Å². The van der Waals surface area contributed by atoms with Gasteiger partial charge in [0.1, 0.15) is 17.2 Å². The van der Waals surface area contributed by atoms with E-state index in [0.717, 1.165) is 5.56 Å². The van der Waals surface area contributed by atoms with E-state index in [4.69, 9.17) is 28.4 Å². The summed E-state index contributed by atoms with van der Waals surface area (Å²) >= 11 is 3.56. The largest absolute Gasteiger partial charge is 0.497 e. The molecule has 1 aliphatic heterocycles. The maximum atomic E-state index is 13.8. The van der Waals surface area contributed by atoms with Gasteiger partial charge >= 0.3 is 0 Å². The lowest BCUT2D eigenvalue weighted by atomic mass is 10.1. The summed E-state index contributed by atoms with van der Waals surface area (Å²) in [6.45, 7) is 0. The number of methoxy groups -OCH3 is 5. The van der Waals surface area contributed by atoms with Crippen molar-refractivity contribution in [1.29, 1.82) is 0 Å². The standard InChI is InChI=1S/C25H23BrO7S/c1-28-15-8-6-14(7-9-15)24-22(17-10-11-18(29-2)21(26)25(17)34(24)27)33-16-12-19(30-3)23(32-5)20(13-16)31-4/h6-13H,1-5H3. The normalized spacial score (nSPS) is 14.5. The molecule has 1 aliphatic rings. The third-order valence-electron chi connectivity index (χ3n) is 5.31. The van der Waals surface area contributed by atoms with Gasteiger partial charge in [-0.1, -0.05) is 0 Å². The van der Waals surface area contributed by atoms with Gasteiger partial charge in [0, 0.05) is 17.7 Å². The van der Waals surface area contributed by atoms with E-state index >= 15 is 0 Å². The summed E-state index contributed by atoms with van der Waals surface area (Å²) in [5, 5.41) is 0. The van der Waals surface area contributed by atoms with Gasteiger partial charge in [-0.25, -0.2) is 4.21 Å². The molecule has 0 saturated heterocycles. The molecule has 3 aromatic rings. The van der Waals surface area contributed by atoms with Gasteiger partial charge in [0.05, 0.1) is 60.6 Å². The zero-order valence-corrected chi connectivity index (χ0v) is 21.7. The fraction of sp³-hybridized carbons (Fsp3) is 0.200. The molecular weight excluding hydrogens is 524 g/mol. The van der Waals surface area contributed by atoms with E-state index in [2.05, 4.69) is 15.9 Å². The highest BCUT2D eigenvalue weighted by atomic mass is 79.9. The van der Waals surface area contributed by atoms with Gasteiger partial charge in [0.2, 0.25) is 5.75 Å². The number of benzene rings is 3. The van der Waals surface area contributed by atoms with Crippen LogP contribution in [0.25, 0.3) is 10.7 Å². The monoisotopic (exact) mass is 546 g/mol. The molecule has 0 aromatic heterocycles. The summed E-state index contributed by atoms with van der Waals surface area (Å²) in [6, 6.07) is 14.4. The summed E-state index contributed by atoms with van der Waals surface area (Å²) in [4.78, 5) is 1.10. The molecule has 4 rings (SSSR count). The lowest BCUT2D eigenvalue weighted by molar-refractivity contribution is 0.321. The topological polar surface area (TPSA) is 72.5 Å². The number of halogens is 1. The number of hydrogen-bond acceptors (Lipinski definition) is 7. The number of ether oxygens (including phenoxy) is 6. The summed E-state index contributed by atoms with van der Waals surface area (Å²) in [7, 11) is 6.22. The molecule has 0 N–H and O–H groups in total. The Balaban J connectivity index is 1.91. The van der Waals surface area contributed by atoms with Crippen molar-refractivity contribution in [3.63, 3.8) is 0 Å². The van der Waals surface area contributed by atoms with Crippen LogP contribution < -0.4 is 28.4 Å². The fourth-order valence-corrected chi connectivity index (χ4v) is 6.13. The van der Waals surface area contributed by atoms with Crippen molar-refractivity contribution < 1.29 is 32.6 Å². The van der Waals surface area contributed by atoms with Crippen LogP contribution in [0, 0.1) is 0 Å². The molecule has 0 saturated carbocycles. The highest BCUT2D eigenvalue weighted by Crippen LogP contribution is 2.49. The van der Waals surface area contributed by atoms with Crippen LogP contribution in [0.2, 0.25) is 0 Å². The van der Waals surface area contributed by atoms with Crippen LogP contribution in [0.3, 0.4) is 0 Å². The molecule has 9 heteroatoms. The summed E-state index contributed by atoms with van der Waals surface area (Å²) in [5.41, 5.74) is 1.43. The van der Waals surface area contributed by atoms with E-state index in [1.165, 1.54) is 21.3 Å². The molecule has 1 atom stereocenters. The molecular formula is C25H23BrO7S. The first kappa shape index (κ1) is 24.0. The Morgan fingerprint density at radius 3 is 1.85 bits per heavy atom. The molecule has 0 aliphatic carbocycles. The maximum absolute atomic E-state index is 13.8.